The fraction of sp³-hybridized carbons (Fsp3) is 0.379. The van der Waals surface area contributed by atoms with Crippen LogP contribution in [0.5, 0.6) is 0 Å². The topological polar surface area (TPSA) is 69.5 Å². The number of aromatic nitrogens is 2. The van der Waals surface area contributed by atoms with Gasteiger partial charge in [0.2, 0.25) is 0 Å². The van der Waals surface area contributed by atoms with E-state index in [0.717, 1.165) is 11.3 Å². The van der Waals surface area contributed by atoms with Crippen molar-refractivity contribution in [1.82, 2.24) is 14.9 Å². The monoisotopic (exact) mass is 473 g/mol. The van der Waals surface area contributed by atoms with E-state index in [2.05, 4.69) is 35.7 Å². The van der Waals surface area contributed by atoms with Crippen LogP contribution in [0.25, 0.3) is 0 Å². The van der Waals surface area contributed by atoms with E-state index in [9.17, 15) is 10.2 Å². The minimum atomic E-state index is -1.90. The quantitative estimate of drug-likeness (QED) is 0.547. The summed E-state index contributed by atoms with van der Waals surface area (Å²) in [5.41, 5.74) is -1.68. The largest absolute Gasteiger partial charge is 0.377 e. The Morgan fingerprint density at radius 3 is 2.34 bits per heavy atom. The zero-order chi connectivity index (χ0) is 25.4. The molecule has 2 aromatic heterocycles. The summed E-state index contributed by atoms with van der Waals surface area (Å²) < 4.78 is 16.2. The van der Waals surface area contributed by atoms with Gasteiger partial charge in [0.1, 0.15) is 0 Å². The van der Waals surface area contributed by atoms with Gasteiger partial charge in [0, 0.05) is 42.3 Å². The van der Waals surface area contributed by atoms with Crippen LogP contribution in [0.3, 0.4) is 0 Å². The number of alkyl halides is 1. The second kappa shape index (κ2) is 9.16. The van der Waals surface area contributed by atoms with Gasteiger partial charge in [0.15, 0.2) is 16.9 Å². The van der Waals surface area contributed by atoms with E-state index in [1.54, 1.807) is 31.2 Å². The number of hydrogen-bond donors (Lipinski definition) is 2. The molecule has 1 aliphatic heterocycles. The molecule has 1 aromatic carbocycles. The molecule has 6 heteroatoms. The van der Waals surface area contributed by atoms with Gasteiger partial charge in [-0.3, -0.25) is 14.9 Å². The van der Waals surface area contributed by atoms with Crippen LogP contribution in [0.1, 0.15) is 60.3 Å². The Morgan fingerprint density at radius 1 is 1.06 bits per heavy atom. The van der Waals surface area contributed by atoms with Crippen LogP contribution in [-0.2, 0) is 11.2 Å². The highest BCUT2D eigenvalue weighted by Crippen LogP contribution is 2.46. The Bertz CT molecular complexity index is 1270. The molecule has 1 aliphatic rings. The number of likely N-dealkylation sites (tertiary alicyclic amines) is 1. The fourth-order valence-corrected chi connectivity index (χ4v) is 4.61. The smallest absolute Gasteiger partial charge is 0.172 e. The first-order valence-corrected chi connectivity index (χ1v) is 11.8. The maximum Gasteiger partial charge on any atom is 0.172 e. The van der Waals surface area contributed by atoms with Crippen molar-refractivity contribution in [1.29, 1.82) is 0 Å². The average Bonchev–Trinajstić information content (AvgIpc) is 2.81. The summed E-state index contributed by atoms with van der Waals surface area (Å²) in [5.74, 6) is 6.11. The standard InChI is InChI=1S/C29H32FN3O2/c1-20(2)23-9-11-24(12-10-23)29(35,28(30)18-33(5)19-28)25-15-22(16-31-17-25)13-14-27(4,34)26-8-6-7-21(3)32-26/h6-12,15-17,20,34-35H,18-19H2,1-5H3. The van der Waals surface area contributed by atoms with Gasteiger partial charge >= 0.3 is 0 Å². The van der Waals surface area contributed by atoms with Crippen molar-refractivity contribution in [2.75, 3.05) is 20.1 Å². The van der Waals surface area contributed by atoms with Crippen LogP contribution in [0.15, 0.2) is 60.9 Å². The Kier molecular flexibility index (Phi) is 6.54. The summed E-state index contributed by atoms with van der Waals surface area (Å²) in [6, 6.07) is 14.5. The molecular weight excluding hydrogens is 441 g/mol. The summed E-state index contributed by atoms with van der Waals surface area (Å²) in [7, 11) is 1.82. The van der Waals surface area contributed by atoms with Gasteiger partial charge in [0.05, 0.1) is 5.69 Å². The average molecular weight is 474 g/mol. The first-order valence-electron chi connectivity index (χ1n) is 11.8. The van der Waals surface area contributed by atoms with Gasteiger partial charge in [-0.15, -0.1) is 0 Å². The molecule has 2 N–H and O–H groups in total. The van der Waals surface area contributed by atoms with Crippen molar-refractivity contribution in [3.63, 3.8) is 0 Å². The van der Waals surface area contributed by atoms with Gasteiger partial charge in [-0.25, -0.2) is 4.39 Å². The first-order chi connectivity index (χ1) is 16.4. The van der Waals surface area contributed by atoms with Crippen molar-refractivity contribution < 1.29 is 14.6 Å². The molecule has 1 saturated heterocycles. The van der Waals surface area contributed by atoms with Gasteiger partial charge in [-0.05, 0) is 56.1 Å². The molecule has 0 amide bonds. The van der Waals surface area contributed by atoms with Crippen LogP contribution in [-0.4, -0.2) is 50.9 Å². The highest BCUT2D eigenvalue weighted by Gasteiger charge is 2.59. The molecule has 3 aromatic rings. The third-order valence-corrected chi connectivity index (χ3v) is 6.68. The van der Waals surface area contributed by atoms with Crippen molar-refractivity contribution in [3.05, 3.63) is 94.6 Å². The predicted molar refractivity (Wildman–Crippen MR) is 135 cm³/mol. The molecule has 0 radical (unpaired) electrons. The number of rotatable bonds is 5. The van der Waals surface area contributed by atoms with Gasteiger partial charge in [-0.2, -0.15) is 0 Å². The van der Waals surface area contributed by atoms with Crippen LogP contribution < -0.4 is 0 Å². The Morgan fingerprint density at radius 2 is 1.74 bits per heavy atom. The molecule has 2 unspecified atom stereocenters. The van der Waals surface area contributed by atoms with Crippen LogP contribution in [0.4, 0.5) is 4.39 Å². The number of hydrogen-bond acceptors (Lipinski definition) is 5. The van der Waals surface area contributed by atoms with Crippen LogP contribution in [0, 0.1) is 18.8 Å². The van der Waals surface area contributed by atoms with Gasteiger partial charge < -0.3 is 10.2 Å². The molecule has 0 bridgehead atoms. The molecule has 5 nitrogen and oxygen atoms in total. The maximum absolute atomic E-state index is 16.2. The summed E-state index contributed by atoms with van der Waals surface area (Å²) in [6.07, 6.45) is 3.03. The minimum Gasteiger partial charge on any atom is -0.377 e. The molecule has 0 spiro atoms. The molecule has 35 heavy (non-hydrogen) atoms. The number of pyridine rings is 2. The summed E-state index contributed by atoms with van der Waals surface area (Å²) in [6.45, 7) is 7.79. The Balaban J connectivity index is 1.75. The van der Waals surface area contributed by atoms with Gasteiger partial charge in [0.25, 0.3) is 0 Å². The number of aliphatic hydroxyl groups is 2. The minimum absolute atomic E-state index is 0.0963. The van der Waals surface area contributed by atoms with Crippen LogP contribution in [0.2, 0.25) is 0 Å². The molecule has 0 saturated carbocycles. The maximum atomic E-state index is 16.2. The van der Waals surface area contributed by atoms with E-state index in [4.69, 9.17) is 0 Å². The second-order valence-electron chi connectivity index (χ2n) is 10.1. The highest BCUT2D eigenvalue weighted by atomic mass is 19.1. The second-order valence-corrected chi connectivity index (χ2v) is 10.1. The lowest BCUT2D eigenvalue weighted by molar-refractivity contribution is -0.153. The van der Waals surface area contributed by atoms with E-state index < -0.39 is 16.9 Å². The number of benzene rings is 1. The number of aryl methyl sites for hydroxylation is 1. The van der Waals surface area contributed by atoms with Crippen LogP contribution >= 0.6 is 0 Å². The van der Waals surface area contributed by atoms with E-state index in [1.165, 1.54) is 12.4 Å². The van der Waals surface area contributed by atoms with Gasteiger partial charge in [-0.1, -0.05) is 56.0 Å². The molecule has 1 fully saturated rings. The zero-order valence-corrected chi connectivity index (χ0v) is 20.9. The summed E-state index contributed by atoms with van der Waals surface area (Å²) in [4.78, 5) is 10.5. The first kappa shape index (κ1) is 25.0. The number of nitrogens with zero attached hydrogens (tertiary/aromatic N) is 3. The molecule has 3 heterocycles. The summed E-state index contributed by atoms with van der Waals surface area (Å²) >= 11 is 0. The fourth-order valence-electron chi connectivity index (χ4n) is 4.61. The normalized spacial score (nSPS) is 18.7. The van der Waals surface area contributed by atoms with Crippen molar-refractivity contribution in [2.24, 2.45) is 0 Å². The van der Waals surface area contributed by atoms with E-state index >= 15 is 4.39 Å². The van der Waals surface area contributed by atoms with E-state index in [-0.39, 0.29) is 13.1 Å². The van der Waals surface area contributed by atoms with E-state index in [0.29, 0.717) is 28.3 Å². The predicted octanol–water partition coefficient (Wildman–Crippen LogP) is 4.06. The molecule has 4 rings (SSSR count). The molecule has 182 valence electrons. The summed E-state index contributed by atoms with van der Waals surface area (Å²) in [5, 5.41) is 22.9. The number of halogens is 1. The Labute approximate surface area is 206 Å². The highest BCUT2D eigenvalue weighted by molar-refractivity contribution is 5.46. The van der Waals surface area contributed by atoms with Crippen molar-refractivity contribution >= 4 is 0 Å². The van der Waals surface area contributed by atoms with E-state index in [1.807, 2.05) is 43.1 Å². The molecule has 0 aliphatic carbocycles. The molecular formula is C29H32FN3O2. The molecule has 2 atom stereocenters. The Hall–Kier alpha value is -3.11. The lowest BCUT2D eigenvalue weighted by atomic mass is 9.70. The SMILES string of the molecule is Cc1cccc(C(C)(O)C#Cc2cncc(C(O)(c3ccc(C(C)C)cc3)C3(F)CN(C)C3)c2)n1. The third-order valence-electron chi connectivity index (χ3n) is 6.68. The lowest BCUT2D eigenvalue weighted by Gasteiger charge is -2.52. The third kappa shape index (κ3) is 4.72. The zero-order valence-electron chi connectivity index (χ0n) is 20.9. The van der Waals surface area contributed by atoms with Crippen molar-refractivity contribution in [3.8, 4) is 11.8 Å². The lowest BCUT2D eigenvalue weighted by Crippen LogP contribution is -2.68. The van der Waals surface area contributed by atoms with Crippen molar-refractivity contribution in [2.45, 2.75) is 50.5 Å².